The summed E-state index contributed by atoms with van der Waals surface area (Å²) >= 11 is 1.38. The van der Waals surface area contributed by atoms with Gasteiger partial charge >= 0.3 is 5.97 Å². The summed E-state index contributed by atoms with van der Waals surface area (Å²) in [7, 11) is 0. The molecule has 1 aliphatic carbocycles. The molecule has 3 rings (SSSR count). The molecule has 2 N–H and O–H groups in total. The normalized spacial score (nSPS) is 16.9. The molecule has 0 aromatic carbocycles. The van der Waals surface area contributed by atoms with Crippen LogP contribution in [0.3, 0.4) is 0 Å². The van der Waals surface area contributed by atoms with Gasteiger partial charge in [0.2, 0.25) is 0 Å². The number of fused-ring (bicyclic) bond motifs is 1. The third kappa shape index (κ3) is 2.60. The molecule has 128 valence electrons. The zero-order valence-corrected chi connectivity index (χ0v) is 14.4. The maximum absolute atomic E-state index is 12.6. The van der Waals surface area contributed by atoms with Crippen LogP contribution in [0.4, 0.5) is 0 Å². The Labute approximate surface area is 142 Å². The minimum atomic E-state index is -1.29. The highest BCUT2D eigenvalue weighted by Crippen LogP contribution is 2.28. The highest BCUT2D eigenvalue weighted by atomic mass is 32.1. The molecule has 1 amide bonds. The van der Waals surface area contributed by atoms with Gasteiger partial charge in [-0.1, -0.05) is 19.3 Å². The molecule has 8 heteroatoms. The largest absolute Gasteiger partial charge is 0.480 e. The van der Waals surface area contributed by atoms with Crippen molar-refractivity contribution in [2.45, 2.75) is 51.5 Å². The lowest BCUT2D eigenvalue weighted by Crippen LogP contribution is -2.56. The zero-order chi connectivity index (χ0) is 17.5. The van der Waals surface area contributed by atoms with Crippen LogP contribution in [0, 0.1) is 13.8 Å². The maximum atomic E-state index is 12.6. The third-order valence-corrected chi connectivity index (χ3v) is 5.80. The number of hydrogen-bond donors (Lipinski definition) is 2. The van der Waals surface area contributed by atoms with Crippen LogP contribution < -0.4 is 10.9 Å². The number of aromatic nitrogens is 2. The number of aryl methyl sites for hydroxylation is 2. The van der Waals surface area contributed by atoms with Gasteiger partial charge in [-0.2, -0.15) is 0 Å². The van der Waals surface area contributed by atoms with Crippen molar-refractivity contribution in [2.75, 3.05) is 0 Å². The SMILES string of the molecule is Cc1sc2ncc(C(=O)NC3(C(=O)O)CCCCC3)c(=O)n2c1C. The standard InChI is InChI=1S/C16H19N3O4S/c1-9-10(2)24-15-17-8-11(13(21)19(9)15)12(20)18-16(14(22)23)6-4-3-5-7-16/h8H,3-7H2,1-2H3,(H,18,20)(H,22,23). The van der Waals surface area contributed by atoms with Gasteiger partial charge in [-0.05, 0) is 26.7 Å². The van der Waals surface area contributed by atoms with Gasteiger partial charge in [0.25, 0.3) is 11.5 Å². The van der Waals surface area contributed by atoms with E-state index < -0.39 is 23.0 Å². The number of thiazole rings is 1. The molecule has 0 saturated heterocycles. The number of carbonyl (C=O) groups excluding carboxylic acids is 1. The minimum Gasteiger partial charge on any atom is -0.480 e. The number of carboxylic acids is 1. The van der Waals surface area contributed by atoms with Gasteiger partial charge in [-0.3, -0.25) is 14.0 Å². The molecule has 1 saturated carbocycles. The Morgan fingerprint density at radius 1 is 1.29 bits per heavy atom. The first-order valence-corrected chi connectivity index (χ1v) is 8.71. The van der Waals surface area contributed by atoms with Crippen LogP contribution in [-0.4, -0.2) is 31.9 Å². The molecular formula is C16H19N3O4S. The fraction of sp³-hybridized carbons (Fsp3) is 0.500. The molecular weight excluding hydrogens is 330 g/mol. The van der Waals surface area contributed by atoms with Gasteiger partial charge in [-0.25, -0.2) is 9.78 Å². The molecule has 0 atom stereocenters. The van der Waals surface area contributed by atoms with Crippen molar-refractivity contribution in [3.8, 4) is 0 Å². The summed E-state index contributed by atoms with van der Waals surface area (Å²) in [6, 6.07) is 0. The zero-order valence-electron chi connectivity index (χ0n) is 13.6. The molecule has 0 aliphatic heterocycles. The number of rotatable bonds is 3. The topological polar surface area (TPSA) is 101 Å². The second-order valence-electron chi connectivity index (χ2n) is 6.24. The Balaban J connectivity index is 1.99. The Morgan fingerprint density at radius 2 is 1.96 bits per heavy atom. The first-order chi connectivity index (χ1) is 11.4. The summed E-state index contributed by atoms with van der Waals surface area (Å²) in [6.45, 7) is 3.68. The lowest BCUT2D eigenvalue weighted by atomic mass is 9.81. The average Bonchev–Trinajstić information content (AvgIpc) is 2.83. The van der Waals surface area contributed by atoms with Crippen molar-refractivity contribution in [2.24, 2.45) is 0 Å². The van der Waals surface area contributed by atoms with Crippen molar-refractivity contribution in [3.05, 3.63) is 32.7 Å². The van der Waals surface area contributed by atoms with E-state index in [-0.39, 0.29) is 5.56 Å². The Kier molecular flexibility index (Phi) is 4.16. The van der Waals surface area contributed by atoms with Gasteiger partial charge in [0.1, 0.15) is 11.1 Å². The minimum absolute atomic E-state index is 0.125. The van der Waals surface area contributed by atoms with E-state index in [1.165, 1.54) is 21.9 Å². The van der Waals surface area contributed by atoms with Crippen LogP contribution in [0.1, 0.15) is 53.0 Å². The second-order valence-corrected chi connectivity index (χ2v) is 7.42. The van der Waals surface area contributed by atoms with Gasteiger partial charge in [0.15, 0.2) is 4.96 Å². The Hall–Kier alpha value is -2.22. The molecule has 1 fully saturated rings. The number of carboxylic acid groups (broad SMARTS) is 1. The van der Waals surface area contributed by atoms with E-state index in [9.17, 15) is 19.5 Å². The molecule has 2 heterocycles. The first-order valence-electron chi connectivity index (χ1n) is 7.89. The van der Waals surface area contributed by atoms with Crippen LogP contribution in [0.25, 0.3) is 4.96 Å². The van der Waals surface area contributed by atoms with Crippen LogP contribution in [-0.2, 0) is 4.79 Å². The lowest BCUT2D eigenvalue weighted by molar-refractivity contribution is -0.145. The van der Waals surface area contributed by atoms with Crippen LogP contribution >= 0.6 is 11.3 Å². The molecule has 24 heavy (non-hydrogen) atoms. The molecule has 0 radical (unpaired) electrons. The molecule has 2 aromatic heterocycles. The summed E-state index contributed by atoms with van der Waals surface area (Å²) in [6.07, 6.45) is 4.43. The molecule has 0 spiro atoms. The fourth-order valence-corrected chi connectivity index (χ4v) is 4.09. The molecule has 7 nitrogen and oxygen atoms in total. The van der Waals surface area contributed by atoms with Crippen molar-refractivity contribution in [1.29, 1.82) is 0 Å². The maximum Gasteiger partial charge on any atom is 0.329 e. The number of nitrogens with zero attached hydrogens (tertiary/aromatic N) is 2. The second kappa shape index (κ2) is 6.01. The van der Waals surface area contributed by atoms with Gasteiger partial charge < -0.3 is 10.4 Å². The molecule has 2 aromatic rings. The highest BCUT2D eigenvalue weighted by Gasteiger charge is 2.41. The lowest BCUT2D eigenvalue weighted by Gasteiger charge is -2.33. The number of aliphatic carboxylic acids is 1. The number of carbonyl (C=O) groups is 2. The first kappa shape index (κ1) is 16.6. The van der Waals surface area contributed by atoms with Crippen LogP contribution in [0.2, 0.25) is 0 Å². The van der Waals surface area contributed by atoms with E-state index in [2.05, 4.69) is 10.3 Å². The number of hydrogen-bond acceptors (Lipinski definition) is 5. The van der Waals surface area contributed by atoms with Crippen LogP contribution in [0.15, 0.2) is 11.0 Å². The summed E-state index contributed by atoms with van der Waals surface area (Å²) < 4.78 is 1.41. The van der Waals surface area contributed by atoms with E-state index in [4.69, 9.17) is 0 Å². The predicted octanol–water partition coefficient (Wildman–Crippen LogP) is 1.89. The van der Waals surface area contributed by atoms with Crippen molar-refractivity contribution >= 4 is 28.2 Å². The third-order valence-electron chi connectivity index (χ3n) is 4.73. The van der Waals surface area contributed by atoms with Gasteiger partial charge in [-0.15, -0.1) is 11.3 Å². The molecule has 0 unspecified atom stereocenters. The predicted molar refractivity (Wildman–Crippen MR) is 89.7 cm³/mol. The average molecular weight is 349 g/mol. The number of amides is 1. The quantitative estimate of drug-likeness (QED) is 0.881. The summed E-state index contributed by atoms with van der Waals surface area (Å²) in [5.41, 5.74) is -1.14. The van der Waals surface area contributed by atoms with Gasteiger partial charge in [0, 0.05) is 16.8 Å². The molecule has 1 aliphatic rings. The monoisotopic (exact) mass is 349 g/mol. The van der Waals surface area contributed by atoms with Crippen molar-refractivity contribution in [1.82, 2.24) is 14.7 Å². The summed E-state index contributed by atoms with van der Waals surface area (Å²) in [5.74, 6) is -1.72. The van der Waals surface area contributed by atoms with E-state index in [1.807, 2.05) is 6.92 Å². The van der Waals surface area contributed by atoms with E-state index in [1.54, 1.807) is 6.92 Å². The van der Waals surface area contributed by atoms with E-state index >= 15 is 0 Å². The smallest absolute Gasteiger partial charge is 0.329 e. The van der Waals surface area contributed by atoms with Crippen molar-refractivity contribution < 1.29 is 14.7 Å². The molecule has 0 bridgehead atoms. The fourth-order valence-electron chi connectivity index (χ4n) is 3.16. The summed E-state index contributed by atoms with van der Waals surface area (Å²) in [5, 5.41) is 12.2. The van der Waals surface area contributed by atoms with Crippen LogP contribution in [0.5, 0.6) is 0 Å². The number of nitrogens with one attached hydrogen (secondary N) is 1. The highest BCUT2D eigenvalue weighted by molar-refractivity contribution is 7.17. The van der Waals surface area contributed by atoms with Crippen molar-refractivity contribution in [3.63, 3.8) is 0 Å². The van der Waals surface area contributed by atoms with E-state index in [0.29, 0.717) is 17.8 Å². The van der Waals surface area contributed by atoms with E-state index in [0.717, 1.165) is 29.8 Å². The van der Waals surface area contributed by atoms with Gasteiger partial charge in [0.05, 0.1) is 0 Å². The Morgan fingerprint density at radius 3 is 2.58 bits per heavy atom. The Bertz CT molecular complexity index is 877. The summed E-state index contributed by atoms with van der Waals surface area (Å²) in [4.78, 5) is 42.6.